The van der Waals surface area contributed by atoms with Gasteiger partial charge in [-0.1, -0.05) is 36.4 Å². The van der Waals surface area contributed by atoms with Crippen LogP contribution >= 0.6 is 0 Å². The number of hydrogen-bond acceptors (Lipinski definition) is 3. The number of aromatic nitrogens is 2. The molecule has 0 bridgehead atoms. The van der Waals surface area contributed by atoms with Crippen LogP contribution in [0.2, 0.25) is 0 Å². The van der Waals surface area contributed by atoms with Crippen LogP contribution < -0.4 is 4.74 Å². The Hall–Kier alpha value is -3.21. The summed E-state index contributed by atoms with van der Waals surface area (Å²) in [6.45, 7) is 0.453. The highest BCUT2D eigenvalue weighted by Gasteiger charge is 2.17. The molecule has 142 valence electrons. The number of esters is 1. The molecule has 2 heterocycles. The molecule has 0 unspecified atom stereocenters. The quantitative estimate of drug-likeness (QED) is 0.314. The molecule has 2 aromatic carbocycles. The molecule has 0 atom stereocenters. The topological polar surface area (TPSA) is 44.1 Å². The van der Waals surface area contributed by atoms with Crippen LogP contribution in [0.3, 0.4) is 0 Å². The third kappa shape index (κ3) is 3.74. The number of alkyl halides is 1. The molecule has 0 aliphatic rings. The van der Waals surface area contributed by atoms with Gasteiger partial charge in [0, 0.05) is 29.0 Å². The number of halogens is 1. The first-order valence-electron chi connectivity index (χ1n) is 9.47. The van der Waals surface area contributed by atoms with Gasteiger partial charge < -0.3 is 9.30 Å². The van der Waals surface area contributed by atoms with E-state index in [4.69, 9.17) is 4.74 Å². The second-order valence-corrected chi connectivity index (χ2v) is 6.76. The lowest BCUT2D eigenvalue weighted by Crippen LogP contribution is -2.08. The molecule has 5 heteroatoms. The minimum Gasteiger partial charge on any atom is -0.421 e. The summed E-state index contributed by atoms with van der Waals surface area (Å²) in [5.74, 6) is 0.0132. The fourth-order valence-corrected chi connectivity index (χ4v) is 3.42. The minimum atomic E-state index is -0.407. The lowest BCUT2D eigenvalue weighted by Gasteiger charge is -2.04. The maximum atomic E-state index is 12.8. The lowest BCUT2D eigenvalue weighted by molar-refractivity contribution is 0.0736. The molecule has 0 saturated carbocycles. The van der Waals surface area contributed by atoms with Gasteiger partial charge in [0.05, 0.1) is 24.0 Å². The molecule has 0 aliphatic heterocycles. The standard InChI is InChI=1S/C23H21FN2O2/c24-12-6-1-7-13-26-16-20(19-9-3-5-11-22(19)26)23(27)28-18-14-17-8-2-4-10-21(17)25-15-18/h2-5,8-11,14-16H,1,6-7,12-13H2. The number of para-hydroxylation sites is 2. The highest BCUT2D eigenvalue weighted by Crippen LogP contribution is 2.25. The summed E-state index contributed by atoms with van der Waals surface area (Å²) in [5, 5.41) is 1.77. The molecule has 0 radical (unpaired) electrons. The summed E-state index contributed by atoms with van der Waals surface area (Å²) in [4.78, 5) is 17.2. The molecule has 0 N–H and O–H groups in total. The first kappa shape index (κ1) is 18.2. The largest absolute Gasteiger partial charge is 0.421 e. The number of unbranched alkanes of at least 4 members (excludes halogenated alkanes) is 2. The van der Waals surface area contributed by atoms with Gasteiger partial charge in [-0.3, -0.25) is 9.37 Å². The first-order valence-corrected chi connectivity index (χ1v) is 9.47. The summed E-state index contributed by atoms with van der Waals surface area (Å²) in [6, 6.07) is 17.3. The molecule has 2 aromatic heterocycles. The zero-order chi connectivity index (χ0) is 19.3. The molecular formula is C23H21FN2O2. The van der Waals surface area contributed by atoms with Crippen molar-refractivity contribution in [1.29, 1.82) is 0 Å². The SMILES string of the molecule is O=C(Oc1cnc2ccccc2c1)c1cn(CCCCCF)c2ccccc12. The number of rotatable bonds is 7. The number of aryl methyl sites for hydroxylation is 1. The maximum absolute atomic E-state index is 12.8. The van der Waals surface area contributed by atoms with Crippen LogP contribution in [-0.2, 0) is 6.54 Å². The summed E-state index contributed by atoms with van der Waals surface area (Å²) in [5.41, 5.74) is 2.35. The van der Waals surface area contributed by atoms with Gasteiger partial charge in [-0.2, -0.15) is 0 Å². The minimum absolute atomic E-state index is 0.288. The predicted molar refractivity (Wildman–Crippen MR) is 108 cm³/mol. The Morgan fingerprint density at radius 2 is 1.86 bits per heavy atom. The van der Waals surface area contributed by atoms with Crippen molar-refractivity contribution in [1.82, 2.24) is 9.55 Å². The second kappa shape index (κ2) is 8.21. The third-order valence-corrected chi connectivity index (χ3v) is 4.82. The van der Waals surface area contributed by atoms with E-state index in [2.05, 4.69) is 4.98 Å². The molecule has 0 aliphatic carbocycles. The van der Waals surface area contributed by atoms with E-state index in [0.717, 1.165) is 41.2 Å². The van der Waals surface area contributed by atoms with E-state index in [1.165, 1.54) is 0 Å². The van der Waals surface area contributed by atoms with Crippen molar-refractivity contribution in [2.75, 3.05) is 6.67 Å². The van der Waals surface area contributed by atoms with Crippen molar-refractivity contribution >= 4 is 27.8 Å². The fraction of sp³-hybridized carbons (Fsp3) is 0.217. The number of nitrogens with zero attached hydrogens (tertiary/aromatic N) is 2. The Morgan fingerprint density at radius 1 is 1.04 bits per heavy atom. The molecule has 0 spiro atoms. The Labute approximate surface area is 162 Å². The zero-order valence-electron chi connectivity index (χ0n) is 15.5. The molecule has 4 rings (SSSR count). The monoisotopic (exact) mass is 376 g/mol. The first-order chi connectivity index (χ1) is 13.8. The summed E-state index contributed by atoms with van der Waals surface area (Å²) >= 11 is 0. The van der Waals surface area contributed by atoms with Gasteiger partial charge in [0.1, 0.15) is 5.75 Å². The number of carbonyl (C=O) groups excluding carboxylic acids is 1. The molecule has 4 nitrogen and oxygen atoms in total. The zero-order valence-corrected chi connectivity index (χ0v) is 15.5. The van der Waals surface area contributed by atoms with Gasteiger partial charge >= 0.3 is 5.97 Å². The van der Waals surface area contributed by atoms with Crippen LogP contribution in [0.4, 0.5) is 4.39 Å². The van der Waals surface area contributed by atoms with Crippen LogP contribution in [0.1, 0.15) is 29.6 Å². The van der Waals surface area contributed by atoms with Crippen LogP contribution in [-0.4, -0.2) is 22.2 Å². The van der Waals surface area contributed by atoms with Crippen LogP contribution in [0.15, 0.2) is 67.0 Å². The van der Waals surface area contributed by atoms with E-state index in [9.17, 15) is 9.18 Å². The molecule has 4 aromatic rings. The van der Waals surface area contributed by atoms with E-state index in [1.807, 2.05) is 65.4 Å². The predicted octanol–water partition coefficient (Wildman–Crippen LogP) is 5.55. The van der Waals surface area contributed by atoms with Crippen molar-refractivity contribution in [2.45, 2.75) is 25.8 Å². The Bertz CT molecular complexity index is 1120. The Morgan fingerprint density at radius 3 is 2.75 bits per heavy atom. The van der Waals surface area contributed by atoms with E-state index < -0.39 is 5.97 Å². The van der Waals surface area contributed by atoms with Crippen molar-refractivity contribution < 1.29 is 13.9 Å². The Balaban J connectivity index is 1.59. The number of ether oxygens (including phenoxy) is 1. The normalized spacial score (nSPS) is 11.2. The van der Waals surface area contributed by atoms with Crippen molar-refractivity contribution in [3.8, 4) is 5.75 Å². The number of pyridine rings is 1. The van der Waals surface area contributed by atoms with E-state index >= 15 is 0 Å². The number of hydrogen-bond donors (Lipinski definition) is 0. The van der Waals surface area contributed by atoms with Gasteiger partial charge in [0.25, 0.3) is 0 Å². The molecule has 0 fully saturated rings. The van der Waals surface area contributed by atoms with Gasteiger partial charge in [-0.15, -0.1) is 0 Å². The molecule has 0 amide bonds. The summed E-state index contributed by atoms with van der Waals surface area (Å²) < 4.78 is 20.0. The fourth-order valence-electron chi connectivity index (χ4n) is 3.42. The second-order valence-electron chi connectivity index (χ2n) is 6.76. The van der Waals surface area contributed by atoms with Crippen LogP contribution in [0.5, 0.6) is 5.75 Å². The van der Waals surface area contributed by atoms with E-state index in [1.54, 1.807) is 6.20 Å². The van der Waals surface area contributed by atoms with Crippen molar-refractivity contribution in [3.63, 3.8) is 0 Å². The molecule has 0 saturated heterocycles. The smallest absolute Gasteiger partial charge is 0.345 e. The van der Waals surface area contributed by atoms with Gasteiger partial charge in [0.15, 0.2) is 0 Å². The van der Waals surface area contributed by atoms with Crippen LogP contribution in [0.25, 0.3) is 21.8 Å². The lowest BCUT2D eigenvalue weighted by atomic mass is 10.2. The number of carbonyl (C=O) groups is 1. The molecular weight excluding hydrogens is 355 g/mol. The highest BCUT2D eigenvalue weighted by atomic mass is 19.1. The van der Waals surface area contributed by atoms with E-state index in [0.29, 0.717) is 17.7 Å². The van der Waals surface area contributed by atoms with Gasteiger partial charge in [0.2, 0.25) is 0 Å². The number of benzene rings is 2. The van der Waals surface area contributed by atoms with E-state index in [-0.39, 0.29) is 6.67 Å². The van der Waals surface area contributed by atoms with Crippen LogP contribution in [0, 0.1) is 0 Å². The van der Waals surface area contributed by atoms with Gasteiger partial charge in [-0.25, -0.2) is 4.79 Å². The average molecular weight is 376 g/mol. The average Bonchev–Trinajstić information content (AvgIpc) is 3.10. The highest BCUT2D eigenvalue weighted by molar-refractivity contribution is 6.05. The number of fused-ring (bicyclic) bond motifs is 2. The summed E-state index contributed by atoms with van der Waals surface area (Å²) in [6.07, 6.45) is 5.66. The van der Waals surface area contributed by atoms with Crippen molar-refractivity contribution in [3.05, 3.63) is 72.6 Å². The van der Waals surface area contributed by atoms with Crippen molar-refractivity contribution in [2.24, 2.45) is 0 Å². The van der Waals surface area contributed by atoms with Gasteiger partial charge in [-0.05, 0) is 37.5 Å². The third-order valence-electron chi connectivity index (χ3n) is 4.82. The maximum Gasteiger partial charge on any atom is 0.345 e. The summed E-state index contributed by atoms with van der Waals surface area (Å²) in [7, 11) is 0. The Kier molecular flexibility index (Phi) is 5.33. The molecule has 28 heavy (non-hydrogen) atoms.